The molecule has 0 saturated carbocycles. The van der Waals surface area contributed by atoms with Crippen molar-refractivity contribution < 1.29 is 8.42 Å². The minimum atomic E-state index is -3.83. The highest BCUT2D eigenvalue weighted by Gasteiger charge is 2.37. The molecule has 0 unspecified atom stereocenters. The van der Waals surface area contributed by atoms with Crippen LogP contribution >= 0.6 is 0 Å². The van der Waals surface area contributed by atoms with Crippen molar-refractivity contribution in [3.63, 3.8) is 0 Å². The SMILES string of the molecule is CC(C)c1ccc2c(c1)c1c(n2S(=O)(=O)c2ccccc2)CC(C)(C)CC1=NN=C(N)N. The molecule has 7 nitrogen and oxygen atoms in total. The van der Waals surface area contributed by atoms with E-state index in [0.717, 1.165) is 16.5 Å². The van der Waals surface area contributed by atoms with Crippen LogP contribution in [0.1, 0.15) is 56.9 Å². The number of fused-ring (bicyclic) bond motifs is 3. The van der Waals surface area contributed by atoms with E-state index in [4.69, 9.17) is 11.5 Å². The van der Waals surface area contributed by atoms with Crippen molar-refractivity contribution in [2.24, 2.45) is 27.1 Å². The van der Waals surface area contributed by atoms with Crippen molar-refractivity contribution in [1.82, 2.24) is 3.97 Å². The summed E-state index contributed by atoms with van der Waals surface area (Å²) in [6.07, 6.45) is 1.22. The van der Waals surface area contributed by atoms with Gasteiger partial charge in [-0.3, -0.25) is 0 Å². The quantitative estimate of drug-likeness (QED) is 0.355. The molecular weight excluding hydrogens is 422 g/mol. The van der Waals surface area contributed by atoms with Gasteiger partial charge in [0.25, 0.3) is 10.0 Å². The zero-order valence-corrected chi connectivity index (χ0v) is 19.6. The van der Waals surface area contributed by atoms with Crippen LogP contribution in [0, 0.1) is 5.41 Å². The predicted molar refractivity (Wildman–Crippen MR) is 130 cm³/mol. The Balaban J connectivity index is 2.13. The number of aromatic nitrogens is 1. The van der Waals surface area contributed by atoms with Gasteiger partial charge in [0.2, 0.25) is 5.96 Å². The molecule has 0 amide bonds. The number of benzene rings is 2. The monoisotopic (exact) mass is 451 g/mol. The highest BCUT2D eigenvalue weighted by atomic mass is 32.2. The van der Waals surface area contributed by atoms with E-state index in [-0.39, 0.29) is 16.3 Å². The molecule has 168 valence electrons. The second-order valence-corrected chi connectivity index (χ2v) is 11.2. The molecule has 0 bridgehead atoms. The zero-order chi connectivity index (χ0) is 23.3. The second-order valence-electron chi connectivity index (χ2n) is 9.42. The standard InChI is InChI=1S/C24H29N5O2S/c1-15(2)16-10-11-20-18(12-16)22-19(27-28-23(25)26)13-24(3,4)14-21(22)29(20)32(30,31)17-8-6-5-7-9-17/h5-12,15H,13-14H2,1-4H3,(H4,25,26,28). The summed E-state index contributed by atoms with van der Waals surface area (Å²) in [7, 11) is -3.83. The molecule has 0 aliphatic heterocycles. The average molecular weight is 452 g/mol. The van der Waals surface area contributed by atoms with Gasteiger partial charge in [0, 0.05) is 16.6 Å². The molecule has 4 rings (SSSR count). The summed E-state index contributed by atoms with van der Waals surface area (Å²) >= 11 is 0. The summed E-state index contributed by atoms with van der Waals surface area (Å²) in [6.45, 7) is 8.42. The number of nitrogens with two attached hydrogens (primary N) is 2. The van der Waals surface area contributed by atoms with E-state index in [1.54, 1.807) is 30.3 Å². The van der Waals surface area contributed by atoms with Crippen LogP contribution in [0.15, 0.2) is 63.6 Å². The molecule has 0 spiro atoms. The first-order valence-corrected chi connectivity index (χ1v) is 12.1. The number of guanidine groups is 1. The Hall–Kier alpha value is -3.13. The van der Waals surface area contributed by atoms with Crippen molar-refractivity contribution in [3.05, 3.63) is 65.4 Å². The van der Waals surface area contributed by atoms with E-state index < -0.39 is 10.0 Å². The molecule has 0 saturated heterocycles. The molecule has 1 heterocycles. The van der Waals surface area contributed by atoms with Crippen molar-refractivity contribution in [2.75, 3.05) is 0 Å². The molecule has 1 aromatic heterocycles. The highest BCUT2D eigenvalue weighted by Crippen LogP contribution is 2.42. The van der Waals surface area contributed by atoms with Crippen molar-refractivity contribution in [1.29, 1.82) is 0 Å². The van der Waals surface area contributed by atoms with Gasteiger partial charge < -0.3 is 11.5 Å². The summed E-state index contributed by atoms with van der Waals surface area (Å²) in [5.41, 5.74) is 14.8. The van der Waals surface area contributed by atoms with Crippen molar-refractivity contribution in [3.8, 4) is 0 Å². The molecule has 32 heavy (non-hydrogen) atoms. The first-order valence-electron chi connectivity index (χ1n) is 10.6. The minimum Gasteiger partial charge on any atom is -0.369 e. The van der Waals surface area contributed by atoms with Gasteiger partial charge in [0.15, 0.2) is 0 Å². The third-order valence-corrected chi connectivity index (χ3v) is 7.62. The summed E-state index contributed by atoms with van der Waals surface area (Å²) in [5, 5.41) is 9.12. The van der Waals surface area contributed by atoms with Crippen LogP contribution in [0.25, 0.3) is 10.9 Å². The fraction of sp³-hybridized carbons (Fsp3) is 0.333. The van der Waals surface area contributed by atoms with Crippen LogP contribution in [-0.4, -0.2) is 24.1 Å². The largest absolute Gasteiger partial charge is 0.369 e. The number of hydrogen-bond donors (Lipinski definition) is 2. The van der Waals surface area contributed by atoms with Crippen molar-refractivity contribution >= 4 is 32.6 Å². The second kappa shape index (κ2) is 7.78. The Kier molecular flexibility index (Phi) is 5.36. The number of hydrogen-bond acceptors (Lipinski definition) is 4. The van der Waals surface area contributed by atoms with Crippen LogP contribution in [0.2, 0.25) is 0 Å². The number of rotatable bonds is 4. The summed E-state index contributed by atoms with van der Waals surface area (Å²) in [5.74, 6) is 0.160. The Morgan fingerprint density at radius 2 is 1.75 bits per heavy atom. The van der Waals surface area contributed by atoms with Gasteiger partial charge in [-0.1, -0.05) is 52.0 Å². The highest BCUT2D eigenvalue weighted by molar-refractivity contribution is 7.90. The molecule has 0 fully saturated rings. The van der Waals surface area contributed by atoms with E-state index in [0.29, 0.717) is 35.7 Å². The van der Waals surface area contributed by atoms with Crippen LogP contribution < -0.4 is 11.5 Å². The summed E-state index contributed by atoms with van der Waals surface area (Å²) in [4.78, 5) is 0.249. The van der Waals surface area contributed by atoms with Gasteiger partial charge in [0.1, 0.15) is 0 Å². The predicted octanol–water partition coefficient (Wildman–Crippen LogP) is 3.95. The molecule has 3 aromatic rings. The molecule has 1 aliphatic carbocycles. The number of nitrogens with zero attached hydrogens (tertiary/aromatic N) is 3. The average Bonchev–Trinajstić information content (AvgIpc) is 3.05. The normalized spacial score (nSPS) is 17.0. The maximum absolute atomic E-state index is 13.8. The van der Waals surface area contributed by atoms with E-state index in [1.165, 1.54) is 3.97 Å². The minimum absolute atomic E-state index is 0.133. The molecule has 0 atom stereocenters. The lowest BCUT2D eigenvalue weighted by atomic mass is 9.75. The van der Waals surface area contributed by atoms with Gasteiger partial charge in [0.05, 0.1) is 16.1 Å². The molecule has 4 N–H and O–H groups in total. The van der Waals surface area contributed by atoms with Gasteiger partial charge in [-0.15, -0.1) is 5.10 Å². The van der Waals surface area contributed by atoms with Crippen molar-refractivity contribution in [2.45, 2.75) is 51.3 Å². The van der Waals surface area contributed by atoms with Crippen LogP contribution in [0.5, 0.6) is 0 Å². The maximum atomic E-state index is 13.8. The van der Waals surface area contributed by atoms with Crippen LogP contribution in [-0.2, 0) is 16.4 Å². The molecule has 8 heteroatoms. The van der Waals surface area contributed by atoms with Crippen LogP contribution in [0.4, 0.5) is 0 Å². The van der Waals surface area contributed by atoms with E-state index in [1.807, 2.05) is 12.1 Å². The third kappa shape index (κ3) is 3.79. The van der Waals surface area contributed by atoms with E-state index in [2.05, 4.69) is 44.0 Å². The summed E-state index contributed by atoms with van der Waals surface area (Å²) < 4.78 is 29.2. The molecule has 1 aliphatic rings. The Morgan fingerprint density at radius 3 is 2.38 bits per heavy atom. The fourth-order valence-corrected chi connectivity index (χ4v) is 5.98. The Bertz CT molecular complexity index is 1350. The fourth-order valence-electron chi connectivity index (χ4n) is 4.41. The first-order chi connectivity index (χ1) is 15.0. The molecular formula is C24H29N5O2S. The van der Waals surface area contributed by atoms with Gasteiger partial charge in [-0.05, 0) is 54.0 Å². The molecule has 0 radical (unpaired) electrons. The lowest BCUT2D eigenvalue weighted by Crippen LogP contribution is -2.30. The van der Waals surface area contributed by atoms with E-state index in [9.17, 15) is 8.42 Å². The lowest BCUT2D eigenvalue weighted by Gasteiger charge is -2.31. The van der Waals surface area contributed by atoms with Crippen LogP contribution in [0.3, 0.4) is 0 Å². The van der Waals surface area contributed by atoms with Gasteiger partial charge >= 0.3 is 0 Å². The first kappa shape index (κ1) is 22.1. The third-order valence-electron chi connectivity index (χ3n) is 5.86. The molecule has 2 aromatic carbocycles. The Labute approximate surface area is 188 Å². The zero-order valence-electron chi connectivity index (χ0n) is 18.8. The topological polar surface area (TPSA) is 116 Å². The van der Waals surface area contributed by atoms with E-state index >= 15 is 0 Å². The van der Waals surface area contributed by atoms with Gasteiger partial charge in [-0.25, -0.2) is 12.4 Å². The van der Waals surface area contributed by atoms with Gasteiger partial charge in [-0.2, -0.15) is 5.10 Å². The lowest BCUT2D eigenvalue weighted by molar-refractivity contribution is 0.367. The smallest absolute Gasteiger partial charge is 0.268 e. The maximum Gasteiger partial charge on any atom is 0.268 e. The summed E-state index contributed by atoms with van der Waals surface area (Å²) in [6, 6.07) is 14.5. The Morgan fingerprint density at radius 1 is 1.06 bits per heavy atom.